The second kappa shape index (κ2) is 13.3. The van der Waals surface area contributed by atoms with E-state index in [2.05, 4.69) is 34.5 Å². The van der Waals surface area contributed by atoms with Gasteiger partial charge in [0, 0.05) is 49.7 Å². The first-order valence-corrected chi connectivity index (χ1v) is 15.3. The lowest BCUT2D eigenvalue weighted by atomic mass is 9.84. The van der Waals surface area contributed by atoms with Crippen LogP contribution >= 0.6 is 0 Å². The van der Waals surface area contributed by atoms with E-state index in [-0.39, 0.29) is 23.8 Å². The van der Waals surface area contributed by atoms with Gasteiger partial charge in [0.1, 0.15) is 0 Å². The van der Waals surface area contributed by atoms with Crippen molar-refractivity contribution in [2.75, 3.05) is 26.3 Å². The van der Waals surface area contributed by atoms with Gasteiger partial charge in [-0.15, -0.1) is 0 Å². The average molecular weight is 562 g/mol. The summed E-state index contributed by atoms with van der Waals surface area (Å²) in [5.41, 5.74) is 5.53. The molecule has 3 aromatic carbocycles. The number of amides is 2. The lowest BCUT2D eigenvalue weighted by Gasteiger charge is -2.39. The van der Waals surface area contributed by atoms with Gasteiger partial charge in [-0.1, -0.05) is 78.9 Å². The van der Waals surface area contributed by atoms with Gasteiger partial charge in [-0.05, 0) is 61.6 Å². The first-order valence-electron chi connectivity index (χ1n) is 15.3. The standard InChI is InChI=1S/C36H39N3O3/c40-33-25-27(17-21-39(33)29-18-22-42-23-19-29)24-31-34(36(41)37-20-9-12-26-10-3-1-4-11-26)30-15-7-8-16-32(30)38-35(31)28-13-5-2-6-14-28/h1-8,10-11,13-16,27,29H,9,12,17-25H2,(H,37,41). The fraction of sp³-hybridized carbons (Fsp3) is 0.361. The monoisotopic (exact) mass is 561 g/mol. The number of aryl methyl sites for hydroxylation is 1. The first kappa shape index (κ1) is 28.1. The highest BCUT2D eigenvalue weighted by Gasteiger charge is 2.33. The van der Waals surface area contributed by atoms with E-state index in [1.165, 1.54) is 5.56 Å². The molecular weight excluding hydrogens is 522 g/mol. The van der Waals surface area contributed by atoms with Gasteiger partial charge in [0.25, 0.3) is 5.91 Å². The SMILES string of the molecule is O=C(NCCCc1ccccc1)c1c(CC2CCN(C3CCOCC3)C(=O)C2)c(-c2ccccc2)nc2ccccc12. The highest BCUT2D eigenvalue weighted by atomic mass is 16.5. The summed E-state index contributed by atoms with van der Waals surface area (Å²) in [6.07, 6.45) is 5.66. The molecular formula is C36H39N3O3. The quantitative estimate of drug-likeness (QED) is 0.246. The van der Waals surface area contributed by atoms with E-state index in [0.717, 1.165) is 79.6 Å². The van der Waals surface area contributed by atoms with Crippen LogP contribution in [0.15, 0.2) is 84.9 Å². The van der Waals surface area contributed by atoms with Gasteiger partial charge in [-0.25, -0.2) is 4.98 Å². The molecule has 1 unspecified atom stereocenters. The van der Waals surface area contributed by atoms with Crippen molar-refractivity contribution in [1.82, 2.24) is 15.2 Å². The zero-order valence-electron chi connectivity index (χ0n) is 24.1. The molecule has 1 N–H and O–H groups in total. The van der Waals surface area contributed by atoms with Crippen LogP contribution < -0.4 is 5.32 Å². The molecule has 0 radical (unpaired) electrons. The molecule has 1 atom stereocenters. The highest BCUT2D eigenvalue weighted by Crippen LogP contribution is 2.35. The van der Waals surface area contributed by atoms with Gasteiger partial charge < -0.3 is 15.0 Å². The van der Waals surface area contributed by atoms with Crippen molar-refractivity contribution in [2.45, 2.75) is 51.0 Å². The van der Waals surface area contributed by atoms with Gasteiger partial charge >= 0.3 is 0 Å². The summed E-state index contributed by atoms with van der Waals surface area (Å²) < 4.78 is 5.53. The maximum Gasteiger partial charge on any atom is 0.252 e. The minimum atomic E-state index is -0.0696. The number of nitrogens with one attached hydrogen (secondary N) is 1. The summed E-state index contributed by atoms with van der Waals surface area (Å²) in [6.45, 7) is 2.80. The van der Waals surface area contributed by atoms with Gasteiger partial charge in [-0.2, -0.15) is 0 Å². The molecule has 2 aliphatic heterocycles. The molecule has 0 saturated carbocycles. The Hall–Kier alpha value is -4.03. The first-order chi connectivity index (χ1) is 20.7. The van der Waals surface area contributed by atoms with E-state index in [0.29, 0.717) is 24.9 Å². The molecule has 6 rings (SSSR count). The molecule has 2 fully saturated rings. The number of likely N-dealkylation sites (tertiary alicyclic amines) is 1. The van der Waals surface area contributed by atoms with Crippen LogP contribution in [-0.2, 0) is 22.4 Å². The smallest absolute Gasteiger partial charge is 0.252 e. The molecule has 6 nitrogen and oxygen atoms in total. The Kier molecular flexibility index (Phi) is 8.90. The Morgan fingerprint density at radius 2 is 1.62 bits per heavy atom. The number of ether oxygens (including phenoxy) is 1. The predicted octanol–water partition coefficient (Wildman–Crippen LogP) is 6.22. The van der Waals surface area contributed by atoms with E-state index < -0.39 is 0 Å². The largest absolute Gasteiger partial charge is 0.381 e. The van der Waals surface area contributed by atoms with Crippen LogP contribution in [0.4, 0.5) is 0 Å². The predicted molar refractivity (Wildman–Crippen MR) is 166 cm³/mol. The van der Waals surface area contributed by atoms with Crippen molar-refractivity contribution in [3.8, 4) is 11.3 Å². The number of carbonyl (C=O) groups excluding carboxylic acids is 2. The Balaban J connectivity index is 1.29. The van der Waals surface area contributed by atoms with Crippen LogP contribution in [0.1, 0.15) is 53.6 Å². The Bertz CT molecular complexity index is 1520. The van der Waals surface area contributed by atoms with E-state index in [1.54, 1.807) is 0 Å². The summed E-state index contributed by atoms with van der Waals surface area (Å²) in [7, 11) is 0. The summed E-state index contributed by atoms with van der Waals surface area (Å²) in [6, 6.07) is 28.7. The molecule has 0 spiro atoms. The second-order valence-electron chi connectivity index (χ2n) is 11.5. The van der Waals surface area contributed by atoms with Crippen LogP contribution in [0.2, 0.25) is 0 Å². The minimum Gasteiger partial charge on any atom is -0.381 e. The maximum atomic E-state index is 14.0. The van der Waals surface area contributed by atoms with Gasteiger partial charge in [0.2, 0.25) is 5.91 Å². The van der Waals surface area contributed by atoms with Crippen LogP contribution in [0.3, 0.4) is 0 Å². The van der Waals surface area contributed by atoms with Crippen LogP contribution in [-0.4, -0.2) is 54.0 Å². The molecule has 1 aromatic heterocycles. The number of piperidine rings is 1. The van der Waals surface area contributed by atoms with E-state index in [9.17, 15) is 9.59 Å². The van der Waals surface area contributed by atoms with E-state index in [4.69, 9.17) is 9.72 Å². The summed E-state index contributed by atoms with van der Waals surface area (Å²) in [4.78, 5) is 34.6. The van der Waals surface area contributed by atoms with Crippen molar-refractivity contribution >= 4 is 22.7 Å². The molecule has 2 saturated heterocycles. The van der Waals surface area contributed by atoms with Crippen molar-refractivity contribution in [3.63, 3.8) is 0 Å². The minimum absolute atomic E-state index is 0.0696. The third-order valence-electron chi connectivity index (χ3n) is 8.72. The lowest BCUT2D eigenvalue weighted by Crippen LogP contribution is -2.47. The van der Waals surface area contributed by atoms with Gasteiger partial charge in [0.05, 0.1) is 16.8 Å². The fourth-order valence-corrected chi connectivity index (χ4v) is 6.53. The Labute approximate surface area is 248 Å². The molecule has 216 valence electrons. The molecule has 0 bridgehead atoms. The normalized spacial score (nSPS) is 17.9. The van der Waals surface area contributed by atoms with Gasteiger partial charge in [0.15, 0.2) is 0 Å². The molecule has 42 heavy (non-hydrogen) atoms. The fourth-order valence-electron chi connectivity index (χ4n) is 6.53. The molecule has 2 amide bonds. The number of pyridine rings is 1. The maximum absolute atomic E-state index is 14.0. The number of carbonyl (C=O) groups is 2. The third-order valence-corrected chi connectivity index (χ3v) is 8.72. The number of nitrogens with zero attached hydrogens (tertiary/aromatic N) is 2. The van der Waals surface area contributed by atoms with Gasteiger partial charge in [-0.3, -0.25) is 9.59 Å². The number of para-hydroxylation sites is 1. The lowest BCUT2D eigenvalue weighted by molar-refractivity contribution is -0.139. The van der Waals surface area contributed by atoms with Crippen LogP contribution in [0.25, 0.3) is 22.2 Å². The van der Waals surface area contributed by atoms with E-state index in [1.807, 2.05) is 60.7 Å². The van der Waals surface area contributed by atoms with Crippen LogP contribution in [0.5, 0.6) is 0 Å². The number of hydrogen-bond donors (Lipinski definition) is 1. The molecule has 0 aliphatic carbocycles. The number of aromatic nitrogens is 1. The van der Waals surface area contributed by atoms with Crippen LogP contribution in [0, 0.1) is 5.92 Å². The molecule has 6 heteroatoms. The summed E-state index contributed by atoms with van der Waals surface area (Å²) in [5, 5.41) is 4.08. The van der Waals surface area contributed by atoms with Crippen molar-refractivity contribution in [3.05, 3.63) is 102 Å². The number of benzene rings is 3. The van der Waals surface area contributed by atoms with Crippen molar-refractivity contribution in [2.24, 2.45) is 5.92 Å². The number of fused-ring (bicyclic) bond motifs is 1. The van der Waals surface area contributed by atoms with E-state index >= 15 is 0 Å². The third kappa shape index (κ3) is 6.39. The topological polar surface area (TPSA) is 71.5 Å². The van der Waals surface area contributed by atoms with Crippen molar-refractivity contribution in [1.29, 1.82) is 0 Å². The summed E-state index contributed by atoms with van der Waals surface area (Å²) >= 11 is 0. The summed E-state index contributed by atoms with van der Waals surface area (Å²) in [5.74, 6) is 0.309. The van der Waals surface area contributed by atoms with Crippen molar-refractivity contribution < 1.29 is 14.3 Å². The molecule has 2 aliphatic rings. The molecule has 4 aromatic rings. The number of rotatable bonds is 9. The number of hydrogen-bond acceptors (Lipinski definition) is 4. The average Bonchev–Trinajstić information content (AvgIpc) is 3.04. The zero-order valence-corrected chi connectivity index (χ0v) is 24.1. The zero-order chi connectivity index (χ0) is 28.7. The Morgan fingerprint density at radius 1 is 0.905 bits per heavy atom. The highest BCUT2D eigenvalue weighted by molar-refractivity contribution is 6.09. The second-order valence-corrected chi connectivity index (χ2v) is 11.5. The molecule has 3 heterocycles. The Morgan fingerprint density at radius 3 is 2.38 bits per heavy atom.